The molecule has 2 N–H and O–H groups in total. The summed E-state index contributed by atoms with van der Waals surface area (Å²) < 4.78 is 13.1. The van der Waals surface area contributed by atoms with Crippen LogP contribution in [0.15, 0.2) is 22.5 Å². The molecule has 1 atom stereocenters. The fourth-order valence-electron chi connectivity index (χ4n) is 2.83. The van der Waals surface area contributed by atoms with Gasteiger partial charge in [0.15, 0.2) is 10.6 Å². The number of aromatic nitrogens is 1. The van der Waals surface area contributed by atoms with Crippen molar-refractivity contribution >= 4 is 63.1 Å². The number of ether oxygens (including phenoxy) is 2. The molecule has 1 fully saturated rings. The van der Waals surface area contributed by atoms with E-state index in [1.54, 1.807) is 34.9 Å². The topological polar surface area (TPSA) is 89.6 Å². The van der Waals surface area contributed by atoms with E-state index in [0.717, 1.165) is 52.1 Å². The molecule has 1 saturated heterocycles. The average molecular weight is 456 g/mol. The lowest BCUT2D eigenvalue weighted by atomic mass is 10.2. The molecule has 0 aliphatic carbocycles. The maximum atomic E-state index is 12.5. The van der Waals surface area contributed by atoms with Crippen molar-refractivity contribution in [3.05, 3.63) is 18.2 Å². The molecule has 1 aliphatic rings. The molecule has 1 aromatic carbocycles. The predicted octanol–water partition coefficient (Wildman–Crippen LogP) is 3.35. The standard InChI is InChI=1S/C19H25N3O4S3/c1-27-9-5-15(20-12-23)18(24)21-13-3-4-14-16(11-13)29-19(22-14)28-10-6-17-25-7-2-8-26-17/h3-4,11-12,15,17H,2,5-10H2,1H3,(H,20,23)(H,21,24). The molecule has 2 heterocycles. The molecule has 1 unspecified atom stereocenters. The van der Waals surface area contributed by atoms with Gasteiger partial charge in [-0.2, -0.15) is 11.8 Å². The number of rotatable bonds is 11. The number of carbonyl (C=O) groups excluding carboxylic acids is 2. The van der Waals surface area contributed by atoms with Crippen LogP contribution in [0.1, 0.15) is 19.3 Å². The van der Waals surface area contributed by atoms with E-state index in [-0.39, 0.29) is 12.2 Å². The Balaban J connectivity index is 1.56. The van der Waals surface area contributed by atoms with Crippen LogP contribution in [0, 0.1) is 0 Å². The Morgan fingerprint density at radius 1 is 1.38 bits per heavy atom. The number of fused-ring (bicyclic) bond motifs is 1. The van der Waals surface area contributed by atoms with E-state index in [9.17, 15) is 9.59 Å². The first-order valence-corrected chi connectivity index (χ1v) is 12.7. The number of nitrogens with zero attached hydrogens (tertiary/aromatic N) is 1. The number of hydrogen-bond acceptors (Lipinski definition) is 8. The summed E-state index contributed by atoms with van der Waals surface area (Å²) >= 11 is 4.93. The van der Waals surface area contributed by atoms with Gasteiger partial charge in [-0.15, -0.1) is 11.3 Å². The van der Waals surface area contributed by atoms with Crippen LogP contribution in [0.3, 0.4) is 0 Å². The molecule has 0 spiro atoms. The summed E-state index contributed by atoms with van der Waals surface area (Å²) in [6.45, 7) is 1.54. The smallest absolute Gasteiger partial charge is 0.246 e. The van der Waals surface area contributed by atoms with Crippen LogP contribution in [0.25, 0.3) is 10.2 Å². The molecule has 1 aliphatic heterocycles. The number of thiazole rings is 1. The highest BCUT2D eigenvalue weighted by Crippen LogP contribution is 2.32. The van der Waals surface area contributed by atoms with Crippen LogP contribution in [0.2, 0.25) is 0 Å². The first-order chi connectivity index (χ1) is 14.2. The van der Waals surface area contributed by atoms with E-state index in [2.05, 4.69) is 15.6 Å². The highest BCUT2D eigenvalue weighted by molar-refractivity contribution is 8.01. The summed E-state index contributed by atoms with van der Waals surface area (Å²) in [6, 6.07) is 5.13. The molecule has 10 heteroatoms. The SMILES string of the molecule is CSCCC(NC=O)C(=O)Nc1ccc2nc(SCCC3OCCCO3)sc2c1. The Morgan fingerprint density at radius 2 is 2.21 bits per heavy atom. The van der Waals surface area contributed by atoms with Gasteiger partial charge >= 0.3 is 0 Å². The van der Waals surface area contributed by atoms with Crippen molar-refractivity contribution in [2.45, 2.75) is 35.9 Å². The highest BCUT2D eigenvalue weighted by Gasteiger charge is 2.18. The van der Waals surface area contributed by atoms with E-state index < -0.39 is 6.04 Å². The van der Waals surface area contributed by atoms with Gasteiger partial charge in [0.1, 0.15) is 6.04 Å². The summed E-state index contributed by atoms with van der Waals surface area (Å²) in [6.07, 6.45) is 4.82. The number of thioether (sulfide) groups is 2. The van der Waals surface area contributed by atoms with Crippen molar-refractivity contribution in [2.75, 3.05) is 36.3 Å². The van der Waals surface area contributed by atoms with E-state index in [4.69, 9.17) is 9.47 Å². The summed E-state index contributed by atoms with van der Waals surface area (Å²) in [5.41, 5.74) is 1.61. The molecule has 3 rings (SSSR count). The van der Waals surface area contributed by atoms with Crippen molar-refractivity contribution in [3.8, 4) is 0 Å². The number of carbonyl (C=O) groups is 2. The predicted molar refractivity (Wildman–Crippen MR) is 120 cm³/mol. The van der Waals surface area contributed by atoms with Crippen molar-refractivity contribution in [1.82, 2.24) is 10.3 Å². The van der Waals surface area contributed by atoms with Gasteiger partial charge < -0.3 is 20.1 Å². The molecule has 2 aromatic rings. The minimum Gasteiger partial charge on any atom is -0.353 e. The molecule has 2 amide bonds. The Morgan fingerprint density at radius 3 is 2.97 bits per heavy atom. The second kappa shape index (κ2) is 11.8. The molecular weight excluding hydrogens is 430 g/mol. The number of benzene rings is 1. The molecule has 1 aromatic heterocycles. The van der Waals surface area contributed by atoms with Crippen LogP contribution in [-0.2, 0) is 19.1 Å². The van der Waals surface area contributed by atoms with Gasteiger partial charge in [-0.25, -0.2) is 4.98 Å². The van der Waals surface area contributed by atoms with Crippen molar-refractivity contribution < 1.29 is 19.1 Å². The summed E-state index contributed by atoms with van der Waals surface area (Å²) in [5, 5.41) is 5.48. The van der Waals surface area contributed by atoms with Gasteiger partial charge in [0.25, 0.3) is 0 Å². The van der Waals surface area contributed by atoms with Gasteiger partial charge in [-0.1, -0.05) is 11.8 Å². The van der Waals surface area contributed by atoms with E-state index >= 15 is 0 Å². The lowest BCUT2D eigenvalue weighted by Gasteiger charge is -2.22. The van der Waals surface area contributed by atoms with Gasteiger partial charge in [0.2, 0.25) is 12.3 Å². The van der Waals surface area contributed by atoms with Crippen LogP contribution < -0.4 is 10.6 Å². The highest BCUT2D eigenvalue weighted by atomic mass is 32.2. The molecule has 0 bridgehead atoms. The lowest BCUT2D eigenvalue weighted by Crippen LogP contribution is -2.40. The van der Waals surface area contributed by atoms with Crippen LogP contribution in [0.5, 0.6) is 0 Å². The third-order valence-electron chi connectivity index (χ3n) is 4.31. The molecule has 158 valence electrons. The third-order valence-corrected chi connectivity index (χ3v) is 7.15. The van der Waals surface area contributed by atoms with Crippen LogP contribution in [0.4, 0.5) is 5.69 Å². The van der Waals surface area contributed by atoms with Crippen LogP contribution >= 0.6 is 34.9 Å². The maximum Gasteiger partial charge on any atom is 0.246 e. The average Bonchev–Trinajstić information content (AvgIpc) is 3.14. The second-order valence-electron chi connectivity index (χ2n) is 6.43. The Labute approximate surface area is 182 Å². The molecule has 29 heavy (non-hydrogen) atoms. The minimum absolute atomic E-state index is 0.105. The largest absolute Gasteiger partial charge is 0.353 e. The fraction of sp³-hybridized carbons (Fsp3) is 0.526. The number of anilines is 1. The molecule has 0 radical (unpaired) electrons. The van der Waals surface area contributed by atoms with Crippen molar-refractivity contribution in [1.29, 1.82) is 0 Å². The minimum atomic E-state index is -0.535. The second-order valence-corrected chi connectivity index (χ2v) is 9.79. The van der Waals surface area contributed by atoms with Crippen LogP contribution in [-0.4, -0.2) is 60.6 Å². The monoisotopic (exact) mass is 455 g/mol. The van der Waals surface area contributed by atoms with E-state index in [1.165, 1.54) is 0 Å². The van der Waals surface area contributed by atoms with Gasteiger partial charge in [-0.3, -0.25) is 9.59 Å². The molecule has 0 saturated carbocycles. The normalized spacial score (nSPS) is 15.9. The zero-order chi connectivity index (χ0) is 20.5. The fourth-order valence-corrected chi connectivity index (χ4v) is 5.44. The number of amides is 2. The number of nitrogens with one attached hydrogen (secondary N) is 2. The number of hydrogen-bond donors (Lipinski definition) is 2. The summed E-state index contributed by atoms with van der Waals surface area (Å²) in [7, 11) is 0. The first kappa shape index (κ1) is 22.4. The van der Waals surface area contributed by atoms with E-state index in [0.29, 0.717) is 18.5 Å². The first-order valence-electron chi connectivity index (χ1n) is 9.45. The van der Waals surface area contributed by atoms with Gasteiger partial charge in [0.05, 0.1) is 23.4 Å². The Kier molecular flexibility index (Phi) is 9.06. The Bertz CT molecular complexity index is 811. The van der Waals surface area contributed by atoms with Gasteiger partial charge in [0, 0.05) is 17.9 Å². The Hall–Kier alpha value is -1.33. The maximum absolute atomic E-state index is 12.5. The summed E-state index contributed by atoms with van der Waals surface area (Å²) in [5.74, 6) is 1.46. The molecular formula is C19H25N3O4S3. The lowest BCUT2D eigenvalue weighted by molar-refractivity contribution is -0.178. The van der Waals surface area contributed by atoms with Crippen molar-refractivity contribution in [2.24, 2.45) is 0 Å². The van der Waals surface area contributed by atoms with Gasteiger partial charge in [-0.05, 0) is 43.0 Å². The summed E-state index contributed by atoms with van der Waals surface area (Å²) in [4.78, 5) is 27.9. The zero-order valence-electron chi connectivity index (χ0n) is 16.2. The molecule has 7 nitrogen and oxygen atoms in total. The zero-order valence-corrected chi connectivity index (χ0v) is 18.7. The quantitative estimate of drug-likeness (QED) is 0.397. The van der Waals surface area contributed by atoms with E-state index in [1.807, 2.05) is 24.5 Å². The third kappa shape index (κ3) is 6.85. The van der Waals surface area contributed by atoms with Crippen molar-refractivity contribution in [3.63, 3.8) is 0 Å².